The van der Waals surface area contributed by atoms with E-state index >= 15 is 0 Å². The molecule has 0 amide bonds. The monoisotopic (exact) mass is 245 g/mol. The van der Waals surface area contributed by atoms with Crippen LogP contribution in [0.25, 0.3) is 0 Å². The lowest BCUT2D eigenvalue weighted by Gasteiger charge is -2.12. The Morgan fingerprint density at radius 2 is 2.19 bits per heavy atom. The van der Waals surface area contributed by atoms with E-state index in [2.05, 4.69) is 0 Å². The van der Waals surface area contributed by atoms with Crippen LogP contribution in [-0.2, 0) is 0 Å². The summed E-state index contributed by atoms with van der Waals surface area (Å²) in [6, 6.07) is 3.83. The molecule has 1 atom stereocenters. The highest BCUT2D eigenvalue weighted by molar-refractivity contribution is 5.85. The summed E-state index contributed by atoms with van der Waals surface area (Å²) in [6.07, 6.45) is 0.878. The van der Waals surface area contributed by atoms with Gasteiger partial charge in [0.1, 0.15) is 0 Å². The van der Waals surface area contributed by atoms with Crippen molar-refractivity contribution in [2.75, 3.05) is 13.9 Å². The van der Waals surface area contributed by atoms with Crippen LogP contribution in [-0.4, -0.2) is 13.9 Å². The SMILES string of the molecule is CC[C@H](N)c1cc(OC)c2c(c1)OCO2.Cl. The van der Waals surface area contributed by atoms with E-state index in [1.54, 1.807) is 7.11 Å². The van der Waals surface area contributed by atoms with Gasteiger partial charge in [0, 0.05) is 6.04 Å². The Kier molecular flexibility index (Phi) is 4.26. The van der Waals surface area contributed by atoms with Gasteiger partial charge in [-0.05, 0) is 24.1 Å². The Morgan fingerprint density at radius 1 is 1.44 bits per heavy atom. The van der Waals surface area contributed by atoms with Gasteiger partial charge in [0.25, 0.3) is 0 Å². The second-order valence-electron chi connectivity index (χ2n) is 3.47. The highest BCUT2D eigenvalue weighted by Crippen LogP contribution is 2.42. The first kappa shape index (κ1) is 12.9. The van der Waals surface area contributed by atoms with Gasteiger partial charge in [0.15, 0.2) is 11.5 Å². The third kappa shape index (κ3) is 2.18. The van der Waals surface area contributed by atoms with E-state index in [0.29, 0.717) is 17.2 Å². The second-order valence-corrected chi connectivity index (χ2v) is 3.47. The van der Waals surface area contributed by atoms with Crippen molar-refractivity contribution >= 4 is 12.4 Å². The van der Waals surface area contributed by atoms with E-state index < -0.39 is 0 Å². The molecule has 1 aliphatic rings. The minimum Gasteiger partial charge on any atom is -0.493 e. The van der Waals surface area contributed by atoms with Gasteiger partial charge < -0.3 is 19.9 Å². The number of rotatable bonds is 3. The number of benzene rings is 1. The molecular weight excluding hydrogens is 230 g/mol. The van der Waals surface area contributed by atoms with Crippen LogP contribution in [0.3, 0.4) is 0 Å². The zero-order valence-electron chi connectivity index (χ0n) is 9.36. The van der Waals surface area contributed by atoms with Crippen LogP contribution in [0.2, 0.25) is 0 Å². The Hall–Kier alpha value is -1.13. The zero-order valence-corrected chi connectivity index (χ0v) is 10.2. The first-order chi connectivity index (χ1) is 7.26. The summed E-state index contributed by atoms with van der Waals surface area (Å²) in [5.74, 6) is 2.07. The summed E-state index contributed by atoms with van der Waals surface area (Å²) in [5, 5.41) is 0. The maximum Gasteiger partial charge on any atom is 0.231 e. The van der Waals surface area contributed by atoms with E-state index in [1.807, 2.05) is 19.1 Å². The molecule has 0 unspecified atom stereocenters. The molecule has 1 aromatic carbocycles. The number of hydrogen-bond acceptors (Lipinski definition) is 4. The van der Waals surface area contributed by atoms with Crippen LogP contribution >= 0.6 is 12.4 Å². The van der Waals surface area contributed by atoms with Gasteiger partial charge in [0.05, 0.1) is 7.11 Å². The average molecular weight is 246 g/mol. The molecule has 16 heavy (non-hydrogen) atoms. The van der Waals surface area contributed by atoms with Gasteiger partial charge in [-0.1, -0.05) is 6.92 Å². The van der Waals surface area contributed by atoms with E-state index in [1.165, 1.54) is 0 Å². The summed E-state index contributed by atoms with van der Waals surface area (Å²) in [6.45, 7) is 2.29. The molecule has 0 saturated carbocycles. The maximum atomic E-state index is 5.96. The molecule has 1 aromatic rings. The first-order valence-electron chi connectivity index (χ1n) is 4.99. The van der Waals surface area contributed by atoms with Crippen LogP contribution < -0.4 is 19.9 Å². The molecule has 90 valence electrons. The number of halogens is 1. The first-order valence-corrected chi connectivity index (χ1v) is 4.99. The molecule has 4 nitrogen and oxygen atoms in total. The summed E-state index contributed by atoms with van der Waals surface area (Å²) < 4.78 is 15.9. The minimum absolute atomic E-state index is 0. The highest BCUT2D eigenvalue weighted by Gasteiger charge is 2.21. The number of methoxy groups -OCH3 is 1. The number of nitrogens with two attached hydrogens (primary N) is 1. The largest absolute Gasteiger partial charge is 0.493 e. The summed E-state index contributed by atoms with van der Waals surface area (Å²) in [4.78, 5) is 0. The Morgan fingerprint density at radius 3 is 2.81 bits per heavy atom. The van der Waals surface area contributed by atoms with Crippen LogP contribution in [0.15, 0.2) is 12.1 Å². The van der Waals surface area contributed by atoms with Gasteiger partial charge in [-0.2, -0.15) is 0 Å². The van der Waals surface area contributed by atoms with E-state index in [0.717, 1.165) is 12.0 Å². The predicted octanol–water partition coefficient (Wildman–Crippen LogP) is 2.26. The van der Waals surface area contributed by atoms with E-state index in [-0.39, 0.29) is 25.2 Å². The van der Waals surface area contributed by atoms with Crippen molar-refractivity contribution in [2.45, 2.75) is 19.4 Å². The second kappa shape index (κ2) is 5.27. The molecule has 1 aliphatic heterocycles. The Balaban J connectivity index is 0.00000128. The molecule has 0 aromatic heterocycles. The molecule has 0 aliphatic carbocycles. The summed E-state index contributed by atoms with van der Waals surface area (Å²) in [7, 11) is 1.61. The van der Waals surface area contributed by atoms with Gasteiger partial charge in [0.2, 0.25) is 12.5 Å². The van der Waals surface area contributed by atoms with Crippen molar-refractivity contribution in [3.8, 4) is 17.2 Å². The smallest absolute Gasteiger partial charge is 0.231 e. The van der Waals surface area contributed by atoms with E-state index in [9.17, 15) is 0 Å². The van der Waals surface area contributed by atoms with Gasteiger partial charge in [-0.15, -0.1) is 12.4 Å². The lowest BCUT2D eigenvalue weighted by Crippen LogP contribution is -2.08. The standard InChI is InChI=1S/C11H15NO3.ClH/c1-3-8(12)7-4-9(13-2)11-10(5-7)14-6-15-11;/h4-5,8H,3,6,12H2,1-2H3;1H/t8-;/m0./s1. The van der Waals surface area contributed by atoms with Crippen LogP contribution in [0.1, 0.15) is 24.9 Å². The molecule has 0 spiro atoms. The fraction of sp³-hybridized carbons (Fsp3) is 0.455. The predicted molar refractivity (Wildman–Crippen MR) is 63.6 cm³/mol. The molecule has 1 heterocycles. The van der Waals surface area contributed by atoms with Crippen LogP contribution in [0, 0.1) is 0 Å². The van der Waals surface area contributed by atoms with Crippen molar-refractivity contribution in [1.29, 1.82) is 0 Å². The molecule has 0 radical (unpaired) electrons. The lowest BCUT2D eigenvalue weighted by atomic mass is 10.0. The number of fused-ring (bicyclic) bond motifs is 1. The van der Waals surface area contributed by atoms with Crippen molar-refractivity contribution in [1.82, 2.24) is 0 Å². The summed E-state index contributed by atoms with van der Waals surface area (Å²) >= 11 is 0. The molecule has 2 rings (SSSR count). The fourth-order valence-electron chi connectivity index (χ4n) is 1.60. The Bertz CT molecular complexity index is 370. The number of ether oxygens (including phenoxy) is 3. The molecule has 0 saturated heterocycles. The lowest BCUT2D eigenvalue weighted by molar-refractivity contribution is 0.171. The zero-order chi connectivity index (χ0) is 10.8. The minimum atomic E-state index is 0. The van der Waals surface area contributed by atoms with Crippen molar-refractivity contribution in [2.24, 2.45) is 5.73 Å². The van der Waals surface area contributed by atoms with Crippen molar-refractivity contribution in [3.63, 3.8) is 0 Å². The molecule has 0 bridgehead atoms. The third-order valence-electron chi connectivity index (χ3n) is 2.55. The van der Waals surface area contributed by atoms with E-state index in [4.69, 9.17) is 19.9 Å². The molecular formula is C11H16ClNO3. The topological polar surface area (TPSA) is 53.7 Å². The quantitative estimate of drug-likeness (QED) is 0.888. The van der Waals surface area contributed by atoms with Gasteiger partial charge in [-0.3, -0.25) is 0 Å². The highest BCUT2D eigenvalue weighted by atomic mass is 35.5. The normalized spacial score (nSPS) is 14.2. The van der Waals surface area contributed by atoms with Crippen LogP contribution in [0.5, 0.6) is 17.2 Å². The van der Waals surface area contributed by atoms with Crippen molar-refractivity contribution < 1.29 is 14.2 Å². The molecule has 0 fully saturated rings. The average Bonchev–Trinajstić information content (AvgIpc) is 2.74. The molecule has 2 N–H and O–H groups in total. The van der Waals surface area contributed by atoms with Gasteiger partial charge >= 0.3 is 0 Å². The number of hydrogen-bond donors (Lipinski definition) is 1. The van der Waals surface area contributed by atoms with Crippen LogP contribution in [0.4, 0.5) is 0 Å². The Labute approximate surface area is 101 Å². The van der Waals surface area contributed by atoms with Crippen molar-refractivity contribution in [3.05, 3.63) is 17.7 Å². The maximum absolute atomic E-state index is 5.96. The molecule has 5 heteroatoms. The third-order valence-corrected chi connectivity index (χ3v) is 2.55. The fourth-order valence-corrected chi connectivity index (χ4v) is 1.60. The summed E-state index contributed by atoms with van der Waals surface area (Å²) in [5.41, 5.74) is 6.97. The van der Waals surface area contributed by atoms with Gasteiger partial charge in [-0.25, -0.2) is 0 Å².